The van der Waals surface area contributed by atoms with Crippen molar-refractivity contribution >= 4 is 5.82 Å². The van der Waals surface area contributed by atoms with E-state index in [1.54, 1.807) is 0 Å². The zero-order valence-electron chi connectivity index (χ0n) is 10.5. The van der Waals surface area contributed by atoms with Crippen LogP contribution in [-0.2, 0) is 6.54 Å². The van der Waals surface area contributed by atoms with Crippen molar-refractivity contribution in [2.75, 3.05) is 5.32 Å². The Bertz CT molecular complexity index is 550. The second kappa shape index (κ2) is 4.88. The number of aliphatic hydroxyl groups is 1. The molecule has 1 saturated carbocycles. The van der Waals surface area contributed by atoms with Crippen LogP contribution in [0.25, 0.3) is 0 Å². The average molecular weight is 261 g/mol. The van der Waals surface area contributed by atoms with E-state index in [0.717, 1.165) is 30.2 Å². The van der Waals surface area contributed by atoms with Gasteiger partial charge in [-0.3, -0.25) is 0 Å². The molecule has 2 aromatic heterocycles. The van der Waals surface area contributed by atoms with E-state index in [2.05, 4.69) is 35.9 Å². The number of anilines is 1. The van der Waals surface area contributed by atoms with E-state index in [0.29, 0.717) is 18.3 Å². The first-order valence-electron chi connectivity index (χ1n) is 6.20. The summed E-state index contributed by atoms with van der Waals surface area (Å²) >= 11 is 0. The minimum Gasteiger partial charge on any atom is -0.393 e. The van der Waals surface area contributed by atoms with Gasteiger partial charge in [0.2, 0.25) is 0 Å². The molecule has 0 unspecified atom stereocenters. The average Bonchev–Trinajstić information content (AvgIpc) is 2.85. The van der Waals surface area contributed by atoms with Crippen molar-refractivity contribution in [2.45, 2.75) is 38.3 Å². The Balaban J connectivity index is 1.70. The molecule has 1 aliphatic rings. The van der Waals surface area contributed by atoms with Gasteiger partial charge in [0.1, 0.15) is 11.6 Å². The highest BCUT2D eigenvalue weighted by Crippen LogP contribution is 2.36. The second-order valence-electron chi connectivity index (χ2n) is 4.73. The predicted molar refractivity (Wildman–Crippen MR) is 66.3 cm³/mol. The molecule has 0 aromatic carbocycles. The van der Waals surface area contributed by atoms with Gasteiger partial charge in [0, 0.05) is 17.7 Å². The minimum atomic E-state index is -0.184. The Morgan fingerprint density at radius 2 is 2.26 bits per heavy atom. The third-order valence-corrected chi connectivity index (χ3v) is 3.21. The molecule has 0 spiro atoms. The second-order valence-corrected chi connectivity index (χ2v) is 4.73. The third kappa shape index (κ3) is 2.68. The molecule has 8 nitrogen and oxygen atoms in total. The fourth-order valence-corrected chi connectivity index (χ4v) is 2.15. The predicted octanol–water partition coefficient (Wildman–Crippen LogP) is 0.149. The van der Waals surface area contributed by atoms with Crippen LogP contribution in [0.15, 0.2) is 6.07 Å². The number of hydrogen-bond donors (Lipinski definition) is 3. The fraction of sp³-hybridized carbons (Fsp3) is 0.545. The number of aromatic nitrogens is 6. The van der Waals surface area contributed by atoms with Gasteiger partial charge in [-0.15, -0.1) is 10.2 Å². The lowest BCUT2D eigenvalue weighted by Gasteiger charge is -2.31. The molecule has 0 saturated heterocycles. The van der Waals surface area contributed by atoms with E-state index >= 15 is 0 Å². The molecule has 0 atom stereocenters. The smallest absolute Gasteiger partial charge is 0.193 e. The number of hydrogen-bond acceptors (Lipinski definition) is 7. The van der Waals surface area contributed by atoms with Crippen LogP contribution in [0.5, 0.6) is 0 Å². The number of nitrogens with one attached hydrogen (secondary N) is 2. The van der Waals surface area contributed by atoms with Gasteiger partial charge < -0.3 is 10.4 Å². The molecule has 3 rings (SSSR count). The van der Waals surface area contributed by atoms with E-state index in [-0.39, 0.29) is 6.10 Å². The quantitative estimate of drug-likeness (QED) is 0.718. The van der Waals surface area contributed by atoms with Gasteiger partial charge in [0.25, 0.3) is 0 Å². The van der Waals surface area contributed by atoms with Crippen LogP contribution in [0.1, 0.15) is 36.1 Å². The molecule has 0 radical (unpaired) electrons. The van der Waals surface area contributed by atoms with E-state index < -0.39 is 0 Å². The maximum atomic E-state index is 9.36. The number of rotatable bonds is 4. The molecule has 100 valence electrons. The number of aliphatic hydroxyl groups excluding tert-OH is 1. The van der Waals surface area contributed by atoms with Crippen LogP contribution >= 0.6 is 0 Å². The fourth-order valence-electron chi connectivity index (χ4n) is 2.15. The van der Waals surface area contributed by atoms with Crippen molar-refractivity contribution in [1.29, 1.82) is 0 Å². The third-order valence-electron chi connectivity index (χ3n) is 3.21. The maximum absolute atomic E-state index is 9.36. The zero-order chi connectivity index (χ0) is 13.2. The normalized spacial score (nSPS) is 22.0. The molecule has 2 aromatic rings. The molecule has 2 heterocycles. The van der Waals surface area contributed by atoms with Crippen LogP contribution in [-0.4, -0.2) is 41.8 Å². The Morgan fingerprint density at radius 1 is 1.42 bits per heavy atom. The monoisotopic (exact) mass is 261 g/mol. The molecule has 8 heteroatoms. The van der Waals surface area contributed by atoms with Gasteiger partial charge in [0.05, 0.1) is 12.6 Å². The van der Waals surface area contributed by atoms with Crippen LogP contribution in [0.3, 0.4) is 0 Å². The Labute approximate surface area is 109 Å². The number of nitrogens with zero attached hydrogens (tertiary/aromatic N) is 5. The minimum absolute atomic E-state index is 0.184. The van der Waals surface area contributed by atoms with Gasteiger partial charge >= 0.3 is 0 Å². The Hall–Kier alpha value is -2.09. The van der Waals surface area contributed by atoms with Crippen molar-refractivity contribution in [3.8, 4) is 0 Å². The topological polar surface area (TPSA) is 113 Å². The highest BCUT2D eigenvalue weighted by molar-refractivity contribution is 5.37. The SMILES string of the molecule is Cc1nc(NCc2nn[nH]n2)cc(C2CC(O)C2)n1. The standard InChI is InChI=1S/C11H15N7O/c1-6-13-9(7-2-8(19)3-7)4-10(14-6)12-5-11-15-17-18-16-11/h4,7-8,19H,2-3,5H2,1H3,(H,12,13,14)(H,15,16,17,18). The van der Waals surface area contributed by atoms with Crippen LogP contribution in [0.2, 0.25) is 0 Å². The van der Waals surface area contributed by atoms with Gasteiger partial charge in [-0.25, -0.2) is 9.97 Å². The van der Waals surface area contributed by atoms with E-state index in [1.165, 1.54) is 0 Å². The van der Waals surface area contributed by atoms with Gasteiger partial charge in [-0.2, -0.15) is 5.21 Å². The summed E-state index contributed by atoms with van der Waals surface area (Å²) in [5.41, 5.74) is 0.980. The van der Waals surface area contributed by atoms with E-state index in [4.69, 9.17) is 0 Å². The molecule has 1 aliphatic carbocycles. The highest BCUT2D eigenvalue weighted by atomic mass is 16.3. The maximum Gasteiger partial charge on any atom is 0.193 e. The molecular formula is C11H15N7O. The molecule has 0 amide bonds. The lowest BCUT2D eigenvalue weighted by molar-refractivity contribution is 0.0731. The largest absolute Gasteiger partial charge is 0.393 e. The summed E-state index contributed by atoms with van der Waals surface area (Å²) < 4.78 is 0. The summed E-state index contributed by atoms with van der Waals surface area (Å²) in [6.45, 7) is 2.32. The molecule has 1 fully saturated rings. The van der Waals surface area contributed by atoms with Gasteiger partial charge in [-0.1, -0.05) is 5.21 Å². The molecule has 0 aliphatic heterocycles. The number of H-pyrrole nitrogens is 1. The first-order chi connectivity index (χ1) is 9.20. The molecule has 3 N–H and O–H groups in total. The lowest BCUT2D eigenvalue weighted by atomic mass is 9.80. The first kappa shape index (κ1) is 12.0. The summed E-state index contributed by atoms with van der Waals surface area (Å²) in [7, 11) is 0. The van der Waals surface area contributed by atoms with Crippen molar-refractivity contribution in [1.82, 2.24) is 30.6 Å². The van der Waals surface area contributed by atoms with E-state index in [1.807, 2.05) is 13.0 Å². The van der Waals surface area contributed by atoms with Crippen molar-refractivity contribution in [3.63, 3.8) is 0 Å². The summed E-state index contributed by atoms with van der Waals surface area (Å²) in [6, 6.07) is 1.92. The van der Waals surface area contributed by atoms with Crippen molar-refractivity contribution in [2.24, 2.45) is 0 Å². The highest BCUT2D eigenvalue weighted by Gasteiger charge is 2.30. The summed E-state index contributed by atoms with van der Waals surface area (Å²) in [6.07, 6.45) is 1.37. The zero-order valence-corrected chi connectivity index (χ0v) is 10.5. The van der Waals surface area contributed by atoms with Crippen LogP contribution in [0.4, 0.5) is 5.82 Å². The molecular weight excluding hydrogens is 246 g/mol. The molecule has 19 heavy (non-hydrogen) atoms. The number of tetrazole rings is 1. The number of aryl methyl sites for hydroxylation is 1. The lowest BCUT2D eigenvalue weighted by Crippen LogP contribution is -2.27. The van der Waals surface area contributed by atoms with Crippen molar-refractivity contribution in [3.05, 3.63) is 23.4 Å². The van der Waals surface area contributed by atoms with Crippen LogP contribution in [0, 0.1) is 6.92 Å². The summed E-state index contributed by atoms with van der Waals surface area (Å²) in [5, 5.41) is 26.1. The van der Waals surface area contributed by atoms with Gasteiger partial charge in [0.15, 0.2) is 5.82 Å². The summed E-state index contributed by atoms with van der Waals surface area (Å²) in [4.78, 5) is 8.75. The number of aromatic amines is 1. The first-order valence-corrected chi connectivity index (χ1v) is 6.20. The summed E-state index contributed by atoms with van der Waals surface area (Å²) in [5.74, 6) is 2.38. The van der Waals surface area contributed by atoms with Gasteiger partial charge in [-0.05, 0) is 19.8 Å². The van der Waals surface area contributed by atoms with Crippen molar-refractivity contribution < 1.29 is 5.11 Å². The van der Waals surface area contributed by atoms with E-state index in [9.17, 15) is 5.11 Å². The van der Waals surface area contributed by atoms with Crippen LogP contribution < -0.4 is 5.32 Å². The molecule has 0 bridgehead atoms. The Morgan fingerprint density at radius 3 is 2.95 bits per heavy atom. The Kier molecular flexibility index (Phi) is 3.08.